The molecule has 1 unspecified atom stereocenters. The predicted octanol–water partition coefficient (Wildman–Crippen LogP) is 1.99. The molecule has 0 heterocycles. The number of rotatable bonds is 8. The Hall–Kier alpha value is -2.57. The molecule has 1 fully saturated rings. The number of aryl methyl sites for hydroxylation is 1. The normalized spacial score (nSPS) is 15.6. The number of carbonyl (C=O) groups is 3. The summed E-state index contributed by atoms with van der Waals surface area (Å²) in [6.07, 6.45) is 5.71. The Kier molecular flexibility index (Phi) is 8.10. The van der Waals surface area contributed by atoms with E-state index < -0.39 is 17.8 Å². The van der Waals surface area contributed by atoms with Crippen LogP contribution in [0.4, 0.5) is 4.79 Å². The molecule has 0 radical (unpaired) electrons. The van der Waals surface area contributed by atoms with Crippen LogP contribution in [0, 0.1) is 12.8 Å². The van der Waals surface area contributed by atoms with Gasteiger partial charge in [0.25, 0.3) is 0 Å². The molecule has 0 saturated heterocycles. The van der Waals surface area contributed by atoms with Crippen LogP contribution < -0.4 is 16.0 Å². The number of amides is 3. The molecule has 1 atom stereocenters. The first kappa shape index (κ1) is 20.7. The SMILES string of the molecule is Cc1cccc(CC(CNC(=O)CNC(=O)NC2CCCCC2)C(=O)O)c1. The van der Waals surface area contributed by atoms with Crippen molar-refractivity contribution in [2.24, 2.45) is 5.92 Å². The molecule has 1 saturated carbocycles. The van der Waals surface area contributed by atoms with Crippen molar-refractivity contribution in [1.82, 2.24) is 16.0 Å². The Bertz CT molecular complexity index is 656. The zero-order chi connectivity index (χ0) is 19.6. The molecule has 1 aliphatic rings. The van der Waals surface area contributed by atoms with Gasteiger partial charge in [-0.3, -0.25) is 9.59 Å². The van der Waals surface area contributed by atoms with E-state index in [1.54, 1.807) is 0 Å². The van der Waals surface area contributed by atoms with Crippen LogP contribution in [0.3, 0.4) is 0 Å². The number of carboxylic acids is 1. The van der Waals surface area contributed by atoms with Crippen molar-refractivity contribution in [1.29, 1.82) is 0 Å². The predicted molar refractivity (Wildman–Crippen MR) is 102 cm³/mol. The molecule has 1 aromatic rings. The Morgan fingerprint density at radius 2 is 1.89 bits per heavy atom. The Labute approximate surface area is 159 Å². The second-order valence-corrected chi connectivity index (χ2v) is 7.19. The van der Waals surface area contributed by atoms with Crippen LogP contribution in [0.1, 0.15) is 43.2 Å². The highest BCUT2D eigenvalue weighted by molar-refractivity contribution is 5.84. The summed E-state index contributed by atoms with van der Waals surface area (Å²) in [6.45, 7) is 1.80. The number of hydrogen-bond acceptors (Lipinski definition) is 3. The van der Waals surface area contributed by atoms with E-state index in [9.17, 15) is 19.5 Å². The summed E-state index contributed by atoms with van der Waals surface area (Å²) in [5.74, 6) is -2.07. The topological polar surface area (TPSA) is 108 Å². The van der Waals surface area contributed by atoms with Crippen molar-refractivity contribution in [3.8, 4) is 0 Å². The second-order valence-electron chi connectivity index (χ2n) is 7.19. The zero-order valence-corrected chi connectivity index (χ0v) is 15.8. The lowest BCUT2D eigenvalue weighted by Gasteiger charge is -2.22. The number of urea groups is 1. The van der Waals surface area contributed by atoms with E-state index in [0.29, 0.717) is 6.42 Å². The van der Waals surface area contributed by atoms with Crippen LogP contribution >= 0.6 is 0 Å². The zero-order valence-electron chi connectivity index (χ0n) is 15.8. The Balaban J connectivity index is 1.71. The average Bonchev–Trinajstić information content (AvgIpc) is 2.64. The first-order valence-electron chi connectivity index (χ1n) is 9.53. The molecule has 0 aromatic heterocycles. The number of aliphatic carboxylic acids is 1. The maximum Gasteiger partial charge on any atom is 0.315 e. The lowest BCUT2D eigenvalue weighted by atomic mass is 9.96. The van der Waals surface area contributed by atoms with E-state index in [0.717, 1.165) is 36.8 Å². The standard InChI is InChI=1S/C20H29N3O4/c1-14-6-5-7-15(10-14)11-16(19(25)26)12-21-18(24)13-22-20(27)23-17-8-3-2-4-9-17/h5-7,10,16-17H,2-4,8-9,11-13H2,1H3,(H,21,24)(H,25,26)(H2,22,23,27). The van der Waals surface area contributed by atoms with Gasteiger partial charge in [-0.25, -0.2) is 4.79 Å². The van der Waals surface area contributed by atoms with Gasteiger partial charge in [0, 0.05) is 12.6 Å². The van der Waals surface area contributed by atoms with Crippen LogP contribution in [-0.2, 0) is 16.0 Å². The van der Waals surface area contributed by atoms with Crippen LogP contribution in [-0.4, -0.2) is 42.1 Å². The molecule has 7 heteroatoms. The number of carbonyl (C=O) groups excluding carboxylic acids is 2. The van der Waals surface area contributed by atoms with Gasteiger partial charge in [-0.05, 0) is 31.7 Å². The minimum Gasteiger partial charge on any atom is -0.481 e. The third-order valence-corrected chi connectivity index (χ3v) is 4.81. The van der Waals surface area contributed by atoms with E-state index >= 15 is 0 Å². The van der Waals surface area contributed by atoms with Crippen LogP contribution in [0.25, 0.3) is 0 Å². The molecule has 1 aromatic carbocycles. The minimum atomic E-state index is -0.959. The molecule has 148 valence electrons. The summed E-state index contributed by atoms with van der Waals surface area (Å²) >= 11 is 0. The summed E-state index contributed by atoms with van der Waals surface area (Å²) in [7, 11) is 0. The first-order valence-corrected chi connectivity index (χ1v) is 9.53. The van der Waals surface area contributed by atoms with Crippen molar-refractivity contribution in [3.05, 3.63) is 35.4 Å². The molecule has 3 amide bonds. The molecule has 27 heavy (non-hydrogen) atoms. The number of nitrogens with one attached hydrogen (secondary N) is 3. The van der Waals surface area contributed by atoms with E-state index in [-0.39, 0.29) is 25.2 Å². The number of carboxylic acid groups (broad SMARTS) is 1. The molecule has 4 N–H and O–H groups in total. The maximum atomic E-state index is 11.9. The van der Waals surface area contributed by atoms with Crippen LogP contribution in [0.5, 0.6) is 0 Å². The van der Waals surface area contributed by atoms with E-state index in [4.69, 9.17) is 0 Å². The van der Waals surface area contributed by atoms with Gasteiger partial charge in [0.05, 0.1) is 12.5 Å². The summed E-state index contributed by atoms with van der Waals surface area (Å²) < 4.78 is 0. The largest absolute Gasteiger partial charge is 0.481 e. The van der Waals surface area contributed by atoms with Crippen LogP contribution in [0.15, 0.2) is 24.3 Å². The van der Waals surface area contributed by atoms with Gasteiger partial charge in [-0.2, -0.15) is 0 Å². The molecule has 0 bridgehead atoms. The summed E-state index contributed by atoms with van der Waals surface area (Å²) in [5, 5.41) is 17.4. The van der Waals surface area contributed by atoms with Gasteiger partial charge in [0.15, 0.2) is 0 Å². The van der Waals surface area contributed by atoms with Crippen molar-refractivity contribution in [3.63, 3.8) is 0 Å². The molecule has 0 aliphatic heterocycles. The van der Waals surface area contributed by atoms with Gasteiger partial charge >= 0.3 is 12.0 Å². The maximum absolute atomic E-state index is 11.9. The molecule has 0 spiro atoms. The molecular weight excluding hydrogens is 346 g/mol. The van der Waals surface area contributed by atoms with Gasteiger partial charge in [-0.1, -0.05) is 49.1 Å². The fourth-order valence-electron chi connectivity index (χ4n) is 3.31. The fourth-order valence-corrected chi connectivity index (χ4v) is 3.31. The third kappa shape index (κ3) is 7.68. The molecule has 7 nitrogen and oxygen atoms in total. The van der Waals surface area contributed by atoms with Gasteiger partial charge in [0.1, 0.15) is 0 Å². The summed E-state index contributed by atoms with van der Waals surface area (Å²) in [5.41, 5.74) is 1.98. The number of hydrogen-bond donors (Lipinski definition) is 4. The monoisotopic (exact) mass is 375 g/mol. The first-order chi connectivity index (χ1) is 12.9. The van der Waals surface area contributed by atoms with Crippen molar-refractivity contribution in [2.45, 2.75) is 51.5 Å². The van der Waals surface area contributed by atoms with E-state index in [1.807, 2.05) is 31.2 Å². The summed E-state index contributed by atoms with van der Waals surface area (Å²) in [6, 6.07) is 7.47. The number of benzene rings is 1. The van der Waals surface area contributed by atoms with Crippen molar-refractivity contribution >= 4 is 17.9 Å². The van der Waals surface area contributed by atoms with Gasteiger partial charge in [0.2, 0.25) is 5.91 Å². The fraction of sp³-hybridized carbons (Fsp3) is 0.550. The summed E-state index contributed by atoms with van der Waals surface area (Å²) in [4.78, 5) is 35.2. The van der Waals surface area contributed by atoms with Gasteiger partial charge in [-0.15, -0.1) is 0 Å². The quantitative estimate of drug-likeness (QED) is 0.557. The smallest absolute Gasteiger partial charge is 0.315 e. The average molecular weight is 375 g/mol. The van der Waals surface area contributed by atoms with Gasteiger partial charge < -0.3 is 21.1 Å². The second kappa shape index (κ2) is 10.5. The van der Waals surface area contributed by atoms with E-state index in [1.165, 1.54) is 6.42 Å². The highest BCUT2D eigenvalue weighted by Crippen LogP contribution is 2.17. The highest BCUT2D eigenvalue weighted by atomic mass is 16.4. The van der Waals surface area contributed by atoms with Crippen LogP contribution in [0.2, 0.25) is 0 Å². The minimum absolute atomic E-state index is 0.0219. The lowest BCUT2D eigenvalue weighted by Crippen LogP contribution is -2.47. The van der Waals surface area contributed by atoms with Crippen molar-refractivity contribution < 1.29 is 19.5 Å². The molecule has 1 aliphatic carbocycles. The lowest BCUT2D eigenvalue weighted by molar-refractivity contribution is -0.141. The molecule has 2 rings (SSSR count). The molecular formula is C20H29N3O4. The Morgan fingerprint density at radius 3 is 2.56 bits per heavy atom. The highest BCUT2D eigenvalue weighted by Gasteiger charge is 2.20. The van der Waals surface area contributed by atoms with E-state index in [2.05, 4.69) is 16.0 Å². The Morgan fingerprint density at radius 1 is 1.15 bits per heavy atom. The third-order valence-electron chi connectivity index (χ3n) is 4.81. The van der Waals surface area contributed by atoms with Crippen molar-refractivity contribution in [2.75, 3.05) is 13.1 Å².